The lowest BCUT2D eigenvalue weighted by molar-refractivity contribution is -0.141. The van der Waals surface area contributed by atoms with Gasteiger partial charge in [0, 0.05) is 31.5 Å². The van der Waals surface area contributed by atoms with Gasteiger partial charge >= 0.3 is 6.18 Å². The van der Waals surface area contributed by atoms with Crippen molar-refractivity contribution in [2.75, 3.05) is 13.6 Å². The zero-order valence-corrected chi connectivity index (χ0v) is 15.2. The van der Waals surface area contributed by atoms with Crippen LogP contribution in [-0.2, 0) is 12.6 Å². The predicted octanol–water partition coefficient (Wildman–Crippen LogP) is 4.54. The summed E-state index contributed by atoms with van der Waals surface area (Å²) in [5.41, 5.74) is 0.369. The van der Waals surface area contributed by atoms with E-state index in [2.05, 4.69) is 9.97 Å². The van der Waals surface area contributed by atoms with Gasteiger partial charge in [-0.1, -0.05) is 30.3 Å². The van der Waals surface area contributed by atoms with Crippen LogP contribution in [0.25, 0.3) is 10.6 Å². The van der Waals surface area contributed by atoms with E-state index in [9.17, 15) is 18.0 Å². The molecular weight excluding hydrogens is 375 g/mol. The zero-order chi connectivity index (χ0) is 19.4. The molecule has 0 saturated heterocycles. The van der Waals surface area contributed by atoms with E-state index in [0.29, 0.717) is 18.5 Å². The van der Waals surface area contributed by atoms with Gasteiger partial charge in [0.05, 0.1) is 0 Å². The number of hydrogen-bond donors (Lipinski definition) is 0. The van der Waals surface area contributed by atoms with Crippen LogP contribution < -0.4 is 0 Å². The summed E-state index contributed by atoms with van der Waals surface area (Å²) in [6.45, 7) is 0.290. The molecule has 0 radical (unpaired) electrons. The van der Waals surface area contributed by atoms with Gasteiger partial charge in [-0.15, -0.1) is 11.3 Å². The molecule has 8 heteroatoms. The molecule has 3 aromatic rings. The molecule has 4 nitrogen and oxygen atoms in total. The molecule has 140 valence electrons. The molecule has 2 heterocycles. The second-order valence-corrected chi connectivity index (χ2v) is 6.89. The fourth-order valence-electron chi connectivity index (χ4n) is 2.48. The number of aromatic nitrogens is 2. The molecule has 0 fully saturated rings. The van der Waals surface area contributed by atoms with Gasteiger partial charge in [-0.3, -0.25) is 9.78 Å². The monoisotopic (exact) mass is 391 g/mol. The number of benzene rings is 1. The van der Waals surface area contributed by atoms with Crippen molar-refractivity contribution in [2.45, 2.75) is 12.6 Å². The van der Waals surface area contributed by atoms with Crippen LogP contribution in [0.15, 0.2) is 54.9 Å². The van der Waals surface area contributed by atoms with Crippen LogP contribution in [-0.4, -0.2) is 34.4 Å². The van der Waals surface area contributed by atoms with Crippen molar-refractivity contribution in [3.63, 3.8) is 0 Å². The van der Waals surface area contributed by atoms with Gasteiger partial charge in [-0.2, -0.15) is 13.2 Å². The third-order valence-electron chi connectivity index (χ3n) is 3.94. The Kier molecular flexibility index (Phi) is 5.55. The second-order valence-electron chi connectivity index (χ2n) is 5.89. The van der Waals surface area contributed by atoms with E-state index in [4.69, 9.17) is 0 Å². The number of halogens is 3. The van der Waals surface area contributed by atoms with E-state index in [1.54, 1.807) is 54.9 Å². The average molecular weight is 391 g/mol. The SMILES string of the molecule is CN(CCc1ccncc1)C(=O)c1sc(-c2ccccc2)nc1C(F)(F)F. The Balaban J connectivity index is 1.85. The topological polar surface area (TPSA) is 46.1 Å². The number of pyridine rings is 1. The first kappa shape index (κ1) is 19.0. The van der Waals surface area contributed by atoms with Crippen molar-refractivity contribution >= 4 is 17.2 Å². The minimum absolute atomic E-state index is 0.175. The number of thiazole rings is 1. The summed E-state index contributed by atoms with van der Waals surface area (Å²) in [6, 6.07) is 12.1. The minimum atomic E-state index is -4.69. The molecule has 0 aliphatic carbocycles. The Labute approximate surface area is 158 Å². The predicted molar refractivity (Wildman–Crippen MR) is 97.5 cm³/mol. The summed E-state index contributed by atoms with van der Waals surface area (Å²) >= 11 is 0.765. The van der Waals surface area contributed by atoms with Crippen LogP contribution in [0.1, 0.15) is 20.9 Å². The summed E-state index contributed by atoms with van der Waals surface area (Å²) in [4.78, 5) is 21.2. The molecule has 0 bridgehead atoms. The number of carbonyl (C=O) groups excluding carboxylic acids is 1. The molecule has 0 N–H and O–H groups in total. The maximum atomic E-state index is 13.4. The van der Waals surface area contributed by atoms with Gasteiger partial charge in [-0.05, 0) is 24.1 Å². The van der Waals surface area contributed by atoms with Crippen LogP contribution in [0, 0.1) is 0 Å². The first-order valence-electron chi connectivity index (χ1n) is 8.14. The normalized spacial score (nSPS) is 11.4. The molecular formula is C19H16F3N3OS. The molecule has 1 amide bonds. The number of nitrogens with zero attached hydrogens (tertiary/aromatic N) is 3. The molecule has 2 aromatic heterocycles. The summed E-state index contributed by atoms with van der Waals surface area (Å²) < 4.78 is 40.3. The number of alkyl halides is 3. The molecule has 0 unspecified atom stereocenters. The highest BCUT2D eigenvalue weighted by Crippen LogP contribution is 2.38. The second kappa shape index (κ2) is 7.87. The van der Waals surface area contributed by atoms with E-state index in [1.807, 2.05) is 0 Å². The van der Waals surface area contributed by atoms with Crippen LogP contribution in [0.4, 0.5) is 13.2 Å². The van der Waals surface area contributed by atoms with Gasteiger partial charge in [-0.25, -0.2) is 4.98 Å². The third-order valence-corrected chi connectivity index (χ3v) is 5.04. The minimum Gasteiger partial charge on any atom is -0.341 e. The molecule has 0 aliphatic heterocycles. The van der Waals surface area contributed by atoms with E-state index in [-0.39, 0.29) is 5.01 Å². The van der Waals surface area contributed by atoms with Gasteiger partial charge < -0.3 is 4.90 Å². The largest absolute Gasteiger partial charge is 0.435 e. The average Bonchev–Trinajstić information content (AvgIpc) is 3.13. The lowest BCUT2D eigenvalue weighted by Gasteiger charge is -2.17. The standard InChI is InChI=1S/C19H16F3N3OS/c1-25(12-9-13-7-10-23-11-8-13)18(26)15-16(19(20,21)22)24-17(27-15)14-5-3-2-4-6-14/h2-8,10-11H,9,12H2,1H3. The lowest BCUT2D eigenvalue weighted by Crippen LogP contribution is -2.30. The van der Waals surface area contributed by atoms with E-state index >= 15 is 0 Å². The zero-order valence-electron chi connectivity index (χ0n) is 14.4. The van der Waals surface area contributed by atoms with Gasteiger partial charge in [0.25, 0.3) is 5.91 Å². The fourth-order valence-corrected chi connectivity index (χ4v) is 3.57. The van der Waals surface area contributed by atoms with Crippen LogP contribution >= 0.6 is 11.3 Å². The Hall–Kier alpha value is -2.74. The summed E-state index contributed by atoms with van der Waals surface area (Å²) in [7, 11) is 1.49. The number of carbonyl (C=O) groups is 1. The number of rotatable bonds is 5. The Bertz CT molecular complexity index is 911. The van der Waals surface area contributed by atoms with Crippen molar-refractivity contribution in [1.82, 2.24) is 14.9 Å². The molecule has 0 atom stereocenters. The van der Waals surface area contributed by atoms with Crippen molar-refractivity contribution in [1.29, 1.82) is 0 Å². The van der Waals surface area contributed by atoms with E-state index in [1.165, 1.54) is 11.9 Å². The lowest BCUT2D eigenvalue weighted by atomic mass is 10.2. The van der Waals surface area contributed by atoms with Crippen LogP contribution in [0.2, 0.25) is 0 Å². The van der Waals surface area contributed by atoms with Gasteiger partial charge in [0.15, 0.2) is 5.69 Å². The van der Waals surface area contributed by atoms with Crippen molar-refractivity contribution in [3.05, 3.63) is 71.0 Å². The van der Waals surface area contributed by atoms with E-state index in [0.717, 1.165) is 16.9 Å². The first-order valence-corrected chi connectivity index (χ1v) is 8.95. The fraction of sp³-hybridized carbons (Fsp3) is 0.211. The first-order chi connectivity index (χ1) is 12.9. The smallest absolute Gasteiger partial charge is 0.341 e. The highest BCUT2D eigenvalue weighted by Gasteiger charge is 2.40. The van der Waals surface area contributed by atoms with Gasteiger partial charge in [0.1, 0.15) is 9.88 Å². The highest BCUT2D eigenvalue weighted by molar-refractivity contribution is 7.17. The van der Waals surface area contributed by atoms with Crippen molar-refractivity contribution in [2.24, 2.45) is 0 Å². The molecule has 0 saturated carbocycles. The highest BCUT2D eigenvalue weighted by atomic mass is 32.1. The molecule has 27 heavy (non-hydrogen) atoms. The molecule has 1 aromatic carbocycles. The Morgan fingerprint density at radius 1 is 1.11 bits per heavy atom. The van der Waals surface area contributed by atoms with Crippen molar-refractivity contribution in [3.8, 4) is 10.6 Å². The van der Waals surface area contributed by atoms with Crippen molar-refractivity contribution < 1.29 is 18.0 Å². The quantitative estimate of drug-likeness (QED) is 0.642. The summed E-state index contributed by atoms with van der Waals surface area (Å²) in [5.74, 6) is -0.684. The number of likely N-dealkylation sites (N-methyl/N-ethyl adjacent to an activating group) is 1. The molecule has 0 aliphatic rings. The molecule has 3 rings (SSSR count). The summed E-state index contributed by atoms with van der Waals surface area (Å²) in [6.07, 6.45) is -0.903. The van der Waals surface area contributed by atoms with Gasteiger partial charge in [0.2, 0.25) is 0 Å². The summed E-state index contributed by atoms with van der Waals surface area (Å²) in [5, 5.41) is 0.175. The Morgan fingerprint density at radius 2 is 1.78 bits per heavy atom. The number of hydrogen-bond acceptors (Lipinski definition) is 4. The Morgan fingerprint density at radius 3 is 2.41 bits per heavy atom. The van der Waals surface area contributed by atoms with Crippen LogP contribution in [0.3, 0.4) is 0 Å². The number of amides is 1. The van der Waals surface area contributed by atoms with E-state index < -0.39 is 22.7 Å². The maximum Gasteiger partial charge on any atom is 0.435 e. The molecule has 0 spiro atoms. The third kappa shape index (κ3) is 4.51. The van der Waals surface area contributed by atoms with Crippen LogP contribution in [0.5, 0.6) is 0 Å². The maximum absolute atomic E-state index is 13.4.